The number of nitro groups is 1. The van der Waals surface area contributed by atoms with Gasteiger partial charge in [0.15, 0.2) is 5.75 Å². The van der Waals surface area contributed by atoms with E-state index in [4.69, 9.17) is 4.74 Å². The highest BCUT2D eigenvalue weighted by molar-refractivity contribution is 7.89. The van der Waals surface area contributed by atoms with Gasteiger partial charge in [-0.25, -0.2) is 13.1 Å². The Kier molecular flexibility index (Phi) is 5.51. The molecule has 3 aromatic rings. The van der Waals surface area contributed by atoms with Crippen LogP contribution in [0.2, 0.25) is 0 Å². The molecule has 1 saturated heterocycles. The van der Waals surface area contributed by atoms with E-state index in [0.717, 1.165) is 30.2 Å². The van der Waals surface area contributed by atoms with E-state index in [1.165, 1.54) is 16.4 Å². The molecule has 0 bridgehead atoms. The number of nitrogens with zero attached hydrogens (tertiary/aromatic N) is 4. The van der Waals surface area contributed by atoms with Crippen molar-refractivity contribution in [3.05, 3.63) is 76.6 Å². The molecular weight excluding hydrogens is 408 g/mol. The number of benzene rings is 2. The normalized spacial score (nSPS) is 14.7. The van der Waals surface area contributed by atoms with Gasteiger partial charge in [0.2, 0.25) is 10.0 Å². The predicted molar refractivity (Wildman–Crippen MR) is 109 cm³/mol. The molecule has 156 valence electrons. The Morgan fingerprint density at radius 3 is 2.47 bits per heavy atom. The van der Waals surface area contributed by atoms with Crippen molar-refractivity contribution in [2.75, 3.05) is 13.1 Å². The van der Waals surface area contributed by atoms with Crippen LogP contribution < -0.4 is 4.74 Å². The van der Waals surface area contributed by atoms with Gasteiger partial charge < -0.3 is 4.74 Å². The lowest BCUT2D eigenvalue weighted by Crippen LogP contribution is -2.27. The van der Waals surface area contributed by atoms with Crippen LogP contribution in [0.1, 0.15) is 18.4 Å². The first-order chi connectivity index (χ1) is 14.4. The smallest absolute Gasteiger partial charge is 0.312 e. The zero-order valence-electron chi connectivity index (χ0n) is 16.0. The minimum Gasteiger partial charge on any atom is -0.482 e. The molecule has 1 aliphatic rings. The largest absolute Gasteiger partial charge is 0.482 e. The second-order valence-corrected chi connectivity index (χ2v) is 8.84. The summed E-state index contributed by atoms with van der Waals surface area (Å²) in [5, 5.41) is 15.7. The van der Waals surface area contributed by atoms with Crippen molar-refractivity contribution in [3.63, 3.8) is 0 Å². The van der Waals surface area contributed by atoms with Crippen molar-refractivity contribution in [1.82, 2.24) is 14.1 Å². The van der Waals surface area contributed by atoms with Gasteiger partial charge in [-0.3, -0.25) is 10.1 Å². The quantitative estimate of drug-likeness (QED) is 0.423. The number of aromatic nitrogens is 2. The molecule has 1 fully saturated rings. The zero-order chi connectivity index (χ0) is 21.1. The van der Waals surface area contributed by atoms with Crippen LogP contribution in [0, 0.1) is 10.1 Å². The lowest BCUT2D eigenvalue weighted by Gasteiger charge is -2.16. The lowest BCUT2D eigenvalue weighted by molar-refractivity contribution is -0.386. The third-order valence-corrected chi connectivity index (χ3v) is 6.82. The van der Waals surface area contributed by atoms with Crippen LogP contribution in [-0.4, -0.2) is 40.5 Å². The number of ether oxygens (including phenoxy) is 1. The first-order valence-corrected chi connectivity index (χ1v) is 10.9. The Balaban J connectivity index is 1.52. The number of hydrogen-bond acceptors (Lipinski definition) is 6. The van der Waals surface area contributed by atoms with Gasteiger partial charge in [-0.1, -0.05) is 12.1 Å². The van der Waals surface area contributed by atoms with E-state index in [0.29, 0.717) is 13.1 Å². The monoisotopic (exact) mass is 428 g/mol. The molecule has 0 saturated carbocycles. The maximum absolute atomic E-state index is 12.7. The molecule has 0 radical (unpaired) electrons. The second kappa shape index (κ2) is 8.25. The first kappa shape index (κ1) is 20.0. The third-order valence-electron chi connectivity index (χ3n) is 4.93. The molecule has 2 aromatic carbocycles. The van der Waals surface area contributed by atoms with Crippen LogP contribution in [0.3, 0.4) is 0 Å². The highest BCUT2D eigenvalue weighted by Gasteiger charge is 2.29. The summed E-state index contributed by atoms with van der Waals surface area (Å²) in [6, 6.07) is 13.0. The van der Waals surface area contributed by atoms with E-state index in [-0.39, 0.29) is 22.9 Å². The molecule has 9 nitrogen and oxygen atoms in total. The summed E-state index contributed by atoms with van der Waals surface area (Å²) >= 11 is 0. The average Bonchev–Trinajstić information content (AvgIpc) is 3.47. The number of hydrogen-bond donors (Lipinski definition) is 0. The molecule has 2 heterocycles. The van der Waals surface area contributed by atoms with Gasteiger partial charge in [0, 0.05) is 31.5 Å². The minimum absolute atomic E-state index is 0.0246. The second-order valence-electron chi connectivity index (χ2n) is 6.90. The van der Waals surface area contributed by atoms with Crippen molar-refractivity contribution in [3.8, 4) is 11.4 Å². The van der Waals surface area contributed by atoms with E-state index in [1.807, 2.05) is 36.5 Å². The van der Waals surface area contributed by atoms with Crippen molar-refractivity contribution < 1.29 is 18.1 Å². The molecule has 0 atom stereocenters. The summed E-state index contributed by atoms with van der Waals surface area (Å²) < 4.78 is 34.1. The van der Waals surface area contributed by atoms with Crippen molar-refractivity contribution >= 4 is 15.7 Å². The molecular formula is C20H20N4O5S. The van der Waals surface area contributed by atoms with Crippen LogP contribution in [0.4, 0.5) is 5.69 Å². The highest BCUT2D eigenvalue weighted by Crippen LogP contribution is 2.32. The Labute approximate surface area is 173 Å². The van der Waals surface area contributed by atoms with Crippen LogP contribution >= 0.6 is 0 Å². The van der Waals surface area contributed by atoms with E-state index in [1.54, 1.807) is 10.9 Å². The number of nitro benzene ring substituents is 1. The van der Waals surface area contributed by atoms with Crippen molar-refractivity contribution in [2.45, 2.75) is 24.3 Å². The third kappa shape index (κ3) is 4.05. The van der Waals surface area contributed by atoms with Gasteiger partial charge in [0.05, 0.1) is 15.5 Å². The zero-order valence-corrected chi connectivity index (χ0v) is 16.9. The Morgan fingerprint density at radius 2 is 1.83 bits per heavy atom. The molecule has 1 aliphatic heterocycles. The first-order valence-electron chi connectivity index (χ1n) is 9.45. The summed E-state index contributed by atoms with van der Waals surface area (Å²) in [5.41, 5.74) is 1.32. The molecule has 0 N–H and O–H groups in total. The van der Waals surface area contributed by atoms with E-state index in [2.05, 4.69) is 5.10 Å². The van der Waals surface area contributed by atoms with E-state index < -0.39 is 14.9 Å². The summed E-state index contributed by atoms with van der Waals surface area (Å²) in [6.07, 6.45) is 5.10. The predicted octanol–water partition coefficient (Wildman–Crippen LogP) is 3.14. The average molecular weight is 428 g/mol. The maximum atomic E-state index is 12.7. The molecule has 0 spiro atoms. The molecule has 4 rings (SSSR count). The molecule has 0 aliphatic carbocycles. The molecule has 1 aromatic heterocycles. The van der Waals surface area contributed by atoms with Crippen molar-refractivity contribution in [2.24, 2.45) is 0 Å². The van der Waals surface area contributed by atoms with Crippen LogP contribution in [0.15, 0.2) is 65.8 Å². The molecule has 0 amide bonds. The SMILES string of the molecule is O=[N+]([O-])c1cc(S(=O)(=O)N2CCCC2)ccc1OCc1ccc(-n2cccn2)cc1. The van der Waals surface area contributed by atoms with Crippen molar-refractivity contribution in [1.29, 1.82) is 0 Å². The highest BCUT2D eigenvalue weighted by atomic mass is 32.2. The summed E-state index contributed by atoms with van der Waals surface area (Å²) in [4.78, 5) is 10.8. The Morgan fingerprint density at radius 1 is 1.10 bits per heavy atom. The van der Waals surface area contributed by atoms with Crippen LogP contribution in [-0.2, 0) is 16.6 Å². The molecule has 0 unspecified atom stereocenters. The van der Waals surface area contributed by atoms with Crippen LogP contribution in [0.5, 0.6) is 5.75 Å². The maximum Gasteiger partial charge on any atom is 0.312 e. The van der Waals surface area contributed by atoms with Gasteiger partial charge in [0.25, 0.3) is 0 Å². The minimum atomic E-state index is -3.74. The lowest BCUT2D eigenvalue weighted by atomic mass is 10.2. The van der Waals surface area contributed by atoms with Gasteiger partial charge in [-0.05, 0) is 48.7 Å². The fourth-order valence-electron chi connectivity index (χ4n) is 3.33. The Bertz CT molecular complexity index is 1140. The van der Waals surface area contributed by atoms with Gasteiger partial charge in [0.1, 0.15) is 6.61 Å². The topological polar surface area (TPSA) is 108 Å². The standard InChI is InChI=1S/C20H20N4O5S/c25-24(26)19-14-18(30(27,28)22-11-1-2-12-22)8-9-20(19)29-15-16-4-6-17(7-5-16)23-13-3-10-21-23/h3-10,13-14H,1-2,11-12,15H2. The number of rotatable bonds is 7. The fourth-order valence-corrected chi connectivity index (χ4v) is 4.87. The van der Waals surface area contributed by atoms with Gasteiger partial charge in [-0.2, -0.15) is 9.40 Å². The van der Waals surface area contributed by atoms with E-state index >= 15 is 0 Å². The summed E-state index contributed by atoms with van der Waals surface area (Å²) in [6.45, 7) is 0.976. The summed E-state index contributed by atoms with van der Waals surface area (Å²) in [7, 11) is -3.74. The molecule has 10 heteroatoms. The Hall–Kier alpha value is -3.24. The molecule has 30 heavy (non-hydrogen) atoms. The van der Waals surface area contributed by atoms with Gasteiger partial charge >= 0.3 is 5.69 Å². The fraction of sp³-hybridized carbons (Fsp3) is 0.250. The summed E-state index contributed by atoms with van der Waals surface area (Å²) in [5.74, 6) is 0.0246. The van der Waals surface area contributed by atoms with Gasteiger partial charge in [-0.15, -0.1) is 0 Å². The number of sulfonamides is 1. The van der Waals surface area contributed by atoms with Crippen LogP contribution in [0.25, 0.3) is 5.69 Å². The van der Waals surface area contributed by atoms with E-state index in [9.17, 15) is 18.5 Å².